The predicted molar refractivity (Wildman–Crippen MR) is 86.5 cm³/mol. The third-order valence-corrected chi connectivity index (χ3v) is 4.15. The molecule has 0 saturated heterocycles. The molecular weight excluding hydrogens is 314 g/mol. The molecule has 3 nitrogen and oxygen atoms in total. The molecule has 2 rings (SSSR count). The highest BCUT2D eigenvalue weighted by Crippen LogP contribution is 2.27. The highest BCUT2D eigenvalue weighted by atomic mass is 79.9. The molecule has 0 aliphatic heterocycles. The zero-order valence-electron chi connectivity index (χ0n) is 12.2. The number of nitrogens with zero attached hydrogens (tertiary/aromatic N) is 3. The molecule has 1 heterocycles. The van der Waals surface area contributed by atoms with Gasteiger partial charge in [-0.15, -0.1) is 10.2 Å². The Morgan fingerprint density at radius 1 is 1.15 bits per heavy atom. The second-order valence-corrected chi connectivity index (χ2v) is 5.59. The number of para-hydroxylation sites is 1. The summed E-state index contributed by atoms with van der Waals surface area (Å²) < 4.78 is 2.21. The molecule has 1 unspecified atom stereocenters. The monoisotopic (exact) mass is 335 g/mol. The Bertz CT molecular complexity index is 522. The van der Waals surface area contributed by atoms with Gasteiger partial charge in [0.15, 0.2) is 0 Å². The minimum Gasteiger partial charge on any atom is -0.282 e. The lowest BCUT2D eigenvalue weighted by atomic mass is 9.98. The van der Waals surface area contributed by atoms with E-state index in [0.29, 0.717) is 5.92 Å². The van der Waals surface area contributed by atoms with Crippen molar-refractivity contribution in [1.82, 2.24) is 14.8 Å². The highest BCUT2D eigenvalue weighted by molar-refractivity contribution is 9.08. The van der Waals surface area contributed by atoms with Gasteiger partial charge in [0.2, 0.25) is 0 Å². The van der Waals surface area contributed by atoms with Crippen LogP contribution in [0.4, 0.5) is 0 Å². The van der Waals surface area contributed by atoms with Crippen LogP contribution < -0.4 is 0 Å². The van der Waals surface area contributed by atoms with Crippen LogP contribution in [0.1, 0.15) is 57.1 Å². The van der Waals surface area contributed by atoms with Crippen LogP contribution in [0.2, 0.25) is 0 Å². The van der Waals surface area contributed by atoms with Crippen LogP contribution in [0, 0.1) is 0 Å². The summed E-state index contributed by atoms with van der Waals surface area (Å²) in [6.45, 7) is 4.47. The van der Waals surface area contributed by atoms with Crippen molar-refractivity contribution in [2.75, 3.05) is 0 Å². The van der Waals surface area contributed by atoms with E-state index in [-0.39, 0.29) is 0 Å². The molecule has 1 aromatic heterocycles. The number of aromatic nitrogens is 3. The molecule has 0 radical (unpaired) electrons. The van der Waals surface area contributed by atoms with Crippen LogP contribution in [-0.2, 0) is 5.33 Å². The van der Waals surface area contributed by atoms with Gasteiger partial charge in [0, 0.05) is 11.6 Å². The largest absolute Gasteiger partial charge is 0.282 e. The molecule has 4 heteroatoms. The molecule has 0 amide bonds. The van der Waals surface area contributed by atoms with E-state index in [0.717, 1.165) is 29.1 Å². The molecule has 0 aliphatic carbocycles. The Morgan fingerprint density at radius 2 is 1.90 bits per heavy atom. The Kier molecular flexibility index (Phi) is 5.77. The molecule has 1 atom stereocenters. The summed E-state index contributed by atoms with van der Waals surface area (Å²) >= 11 is 3.52. The van der Waals surface area contributed by atoms with Crippen LogP contribution in [0.5, 0.6) is 0 Å². The minimum absolute atomic E-state index is 0.482. The number of benzene rings is 1. The van der Waals surface area contributed by atoms with Gasteiger partial charge < -0.3 is 0 Å². The molecular formula is C16H22BrN3. The van der Waals surface area contributed by atoms with Crippen molar-refractivity contribution in [2.45, 2.75) is 50.8 Å². The van der Waals surface area contributed by atoms with Crippen LogP contribution in [0.25, 0.3) is 5.69 Å². The first kappa shape index (κ1) is 15.2. The maximum atomic E-state index is 4.47. The Labute approximate surface area is 129 Å². The van der Waals surface area contributed by atoms with E-state index in [2.05, 4.69) is 68.8 Å². The number of alkyl halides is 1. The van der Waals surface area contributed by atoms with Crippen LogP contribution in [0.3, 0.4) is 0 Å². The second-order valence-electron chi connectivity index (χ2n) is 5.03. The molecule has 0 aliphatic rings. The maximum Gasteiger partial charge on any atom is 0.148 e. The fourth-order valence-electron chi connectivity index (χ4n) is 2.51. The van der Waals surface area contributed by atoms with Crippen molar-refractivity contribution in [3.8, 4) is 5.69 Å². The number of hydrogen-bond donors (Lipinski definition) is 0. The molecule has 1 aromatic carbocycles. The standard InChI is InChI=1S/C16H22BrN3/c1-3-5-9-13(4-2)16-19-18-15(12-17)20(16)14-10-7-6-8-11-14/h6-8,10-11,13H,3-5,9,12H2,1-2H3. The summed E-state index contributed by atoms with van der Waals surface area (Å²) in [5.74, 6) is 2.55. The lowest BCUT2D eigenvalue weighted by Gasteiger charge is -2.16. The first-order valence-electron chi connectivity index (χ1n) is 7.37. The van der Waals surface area contributed by atoms with E-state index in [1.54, 1.807) is 0 Å². The maximum absolute atomic E-state index is 4.47. The first-order chi connectivity index (χ1) is 9.81. The summed E-state index contributed by atoms with van der Waals surface area (Å²) in [4.78, 5) is 0. The SMILES string of the molecule is CCCCC(CC)c1nnc(CBr)n1-c1ccccc1. The number of hydrogen-bond acceptors (Lipinski definition) is 2. The van der Waals surface area contributed by atoms with E-state index in [4.69, 9.17) is 0 Å². The van der Waals surface area contributed by atoms with E-state index in [1.165, 1.54) is 19.3 Å². The van der Waals surface area contributed by atoms with Crippen LogP contribution in [0.15, 0.2) is 30.3 Å². The molecule has 20 heavy (non-hydrogen) atoms. The Hall–Kier alpha value is -1.16. The van der Waals surface area contributed by atoms with E-state index < -0.39 is 0 Å². The lowest BCUT2D eigenvalue weighted by Crippen LogP contribution is -2.09. The van der Waals surface area contributed by atoms with E-state index >= 15 is 0 Å². The van der Waals surface area contributed by atoms with Gasteiger partial charge in [-0.05, 0) is 25.0 Å². The molecule has 0 bridgehead atoms. The van der Waals surface area contributed by atoms with Gasteiger partial charge in [-0.25, -0.2) is 0 Å². The fourth-order valence-corrected chi connectivity index (χ4v) is 2.87. The second kappa shape index (κ2) is 7.58. The van der Waals surface area contributed by atoms with Gasteiger partial charge in [0.25, 0.3) is 0 Å². The van der Waals surface area contributed by atoms with Gasteiger partial charge in [-0.2, -0.15) is 0 Å². The van der Waals surface area contributed by atoms with E-state index in [9.17, 15) is 0 Å². The Balaban J connectivity index is 2.41. The molecule has 2 aromatic rings. The average molecular weight is 336 g/mol. The number of rotatable bonds is 7. The van der Waals surface area contributed by atoms with Crippen molar-refractivity contribution in [2.24, 2.45) is 0 Å². The molecule has 0 fully saturated rings. The van der Waals surface area contributed by atoms with Gasteiger partial charge in [0.05, 0.1) is 5.33 Å². The van der Waals surface area contributed by atoms with Gasteiger partial charge in [0.1, 0.15) is 11.6 Å². The highest BCUT2D eigenvalue weighted by Gasteiger charge is 2.20. The zero-order chi connectivity index (χ0) is 14.4. The van der Waals surface area contributed by atoms with Gasteiger partial charge in [-0.1, -0.05) is 60.8 Å². The van der Waals surface area contributed by atoms with Crippen LogP contribution in [-0.4, -0.2) is 14.8 Å². The number of halogens is 1. The fraction of sp³-hybridized carbons (Fsp3) is 0.500. The summed E-state index contributed by atoms with van der Waals surface area (Å²) in [5.41, 5.74) is 1.15. The lowest BCUT2D eigenvalue weighted by molar-refractivity contribution is 0.534. The molecule has 0 saturated carbocycles. The van der Waals surface area contributed by atoms with Gasteiger partial charge >= 0.3 is 0 Å². The van der Waals surface area contributed by atoms with Crippen molar-refractivity contribution < 1.29 is 0 Å². The molecule has 0 spiro atoms. The van der Waals surface area contributed by atoms with Crippen molar-refractivity contribution in [3.63, 3.8) is 0 Å². The van der Waals surface area contributed by atoms with Crippen LogP contribution >= 0.6 is 15.9 Å². The molecule has 108 valence electrons. The van der Waals surface area contributed by atoms with Gasteiger partial charge in [-0.3, -0.25) is 4.57 Å². The predicted octanol–water partition coefficient (Wildman–Crippen LogP) is 4.85. The summed E-state index contributed by atoms with van der Waals surface area (Å²) in [6, 6.07) is 10.4. The third-order valence-electron chi connectivity index (χ3n) is 3.65. The minimum atomic E-state index is 0.482. The van der Waals surface area contributed by atoms with Crippen molar-refractivity contribution in [1.29, 1.82) is 0 Å². The number of unbranched alkanes of at least 4 members (excludes halogenated alkanes) is 1. The van der Waals surface area contributed by atoms with E-state index in [1.807, 2.05) is 6.07 Å². The normalized spacial score (nSPS) is 12.6. The third kappa shape index (κ3) is 3.29. The van der Waals surface area contributed by atoms with Crippen molar-refractivity contribution >= 4 is 15.9 Å². The average Bonchev–Trinajstić information content (AvgIpc) is 2.93. The summed E-state index contributed by atoms with van der Waals surface area (Å²) in [7, 11) is 0. The summed E-state index contributed by atoms with van der Waals surface area (Å²) in [6.07, 6.45) is 4.75. The Morgan fingerprint density at radius 3 is 2.50 bits per heavy atom. The topological polar surface area (TPSA) is 30.7 Å². The zero-order valence-corrected chi connectivity index (χ0v) is 13.8. The molecule has 0 N–H and O–H groups in total. The smallest absolute Gasteiger partial charge is 0.148 e. The quantitative estimate of drug-likeness (QED) is 0.677. The first-order valence-corrected chi connectivity index (χ1v) is 8.49. The summed E-state index contributed by atoms with van der Waals surface area (Å²) in [5, 5.41) is 9.55. The van der Waals surface area contributed by atoms with Crippen molar-refractivity contribution in [3.05, 3.63) is 42.0 Å².